The molecule has 0 aliphatic rings. The van der Waals surface area contributed by atoms with Gasteiger partial charge in [-0.3, -0.25) is 0 Å². The van der Waals surface area contributed by atoms with Crippen LogP contribution in [-0.4, -0.2) is 45.5 Å². The number of aliphatic hydroxyl groups excluding tert-OH is 3. The first-order chi connectivity index (χ1) is 4.76. The van der Waals surface area contributed by atoms with Crippen LogP contribution >= 0.6 is 12.2 Å². The van der Waals surface area contributed by atoms with Gasteiger partial charge in [0.05, 0.1) is 0 Å². The summed E-state index contributed by atoms with van der Waals surface area (Å²) >= 11 is 4.61. The van der Waals surface area contributed by atoms with Gasteiger partial charge in [0.2, 0.25) is 0 Å². The third-order valence-corrected chi connectivity index (χ3v) is 1.26. The molecule has 0 rings (SSSR count). The summed E-state index contributed by atoms with van der Waals surface area (Å²) in [5, 5.41) is 27.7. The van der Waals surface area contributed by atoms with Gasteiger partial charge in [0, 0.05) is 0 Å². The van der Waals surface area contributed by atoms with Crippen molar-refractivity contribution in [1.82, 2.24) is 10.2 Å². The van der Waals surface area contributed by atoms with Crippen molar-refractivity contribution in [3.05, 3.63) is 0 Å². The molecule has 60 valence electrons. The smallest absolute Gasteiger partial charge is 0.174 e. The topological polar surface area (TPSA) is 76.0 Å². The number of thiocarbonyl (C=S) groups is 1. The highest BCUT2D eigenvalue weighted by Gasteiger charge is 2.03. The van der Waals surface area contributed by atoms with Crippen molar-refractivity contribution in [2.24, 2.45) is 0 Å². The minimum Gasteiger partial charge on any atom is -0.377 e. The molecule has 0 saturated carbocycles. The molecule has 0 bridgehead atoms. The number of aliphatic hydroxyl groups is 3. The van der Waals surface area contributed by atoms with Gasteiger partial charge >= 0.3 is 0 Å². The standard InChI is InChI=1S/C4H10N2O3S/c7-1-5-4(10)6(2-8)3-9/h7-9H,1-3H2,(H,5,10). The second-order valence-electron chi connectivity index (χ2n) is 1.46. The maximum atomic E-state index is 8.48. The second-order valence-corrected chi connectivity index (χ2v) is 1.85. The molecule has 10 heavy (non-hydrogen) atoms. The Hall–Kier alpha value is -0.430. The van der Waals surface area contributed by atoms with Gasteiger partial charge in [-0.05, 0) is 12.2 Å². The predicted octanol–water partition coefficient (Wildman–Crippen LogP) is -1.99. The highest BCUT2D eigenvalue weighted by atomic mass is 32.1. The Bertz CT molecular complexity index is 107. The van der Waals surface area contributed by atoms with E-state index >= 15 is 0 Å². The Morgan fingerprint density at radius 3 is 2.10 bits per heavy atom. The Kier molecular flexibility index (Phi) is 5.13. The molecule has 0 spiro atoms. The van der Waals surface area contributed by atoms with Crippen LogP contribution in [0.3, 0.4) is 0 Å². The molecule has 0 amide bonds. The zero-order chi connectivity index (χ0) is 7.98. The van der Waals surface area contributed by atoms with Crippen LogP contribution in [-0.2, 0) is 0 Å². The van der Waals surface area contributed by atoms with Crippen LogP contribution in [0, 0.1) is 0 Å². The van der Waals surface area contributed by atoms with Crippen molar-refractivity contribution in [2.75, 3.05) is 20.2 Å². The number of rotatable bonds is 3. The van der Waals surface area contributed by atoms with Gasteiger partial charge in [-0.1, -0.05) is 0 Å². The van der Waals surface area contributed by atoms with Crippen molar-refractivity contribution in [1.29, 1.82) is 0 Å². The second kappa shape index (κ2) is 5.36. The maximum absolute atomic E-state index is 8.48. The largest absolute Gasteiger partial charge is 0.377 e. The Balaban J connectivity index is 3.65. The Morgan fingerprint density at radius 1 is 1.30 bits per heavy atom. The van der Waals surface area contributed by atoms with Crippen LogP contribution < -0.4 is 5.32 Å². The number of nitrogens with one attached hydrogen (secondary N) is 1. The van der Waals surface area contributed by atoms with Gasteiger partial charge in [0.25, 0.3) is 0 Å². The Labute approximate surface area is 63.9 Å². The van der Waals surface area contributed by atoms with Crippen LogP contribution in [0.25, 0.3) is 0 Å². The van der Waals surface area contributed by atoms with E-state index in [1.54, 1.807) is 0 Å². The van der Waals surface area contributed by atoms with E-state index in [-0.39, 0.29) is 25.3 Å². The SMILES string of the molecule is OCNC(=S)N(CO)CO. The number of nitrogens with zero attached hydrogens (tertiary/aromatic N) is 1. The minimum absolute atomic E-state index is 0.118. The number of hydrogen-bond acceptors (Lipinski definition) is 4. The summed E-state index contributed by atoms with van der Waals surface area (Å²) in [7, 11) is 0. The fourth-order valence-electron chi connectivity index (χ4n) is 0.353. The van der Waals surface area contributed by atoms with E-state index in [2.05, 4.69) is 17.5 Å². The van der Waals surface area contributed by atoms with E-state index < -0.39 is 0 Å². The lowest BCUT2D eigenvalue weighted by atomic mass is 10.8. The summed E-state index contributed by atoms with van der Waals surface area (Å²) in [4.78, 5) is 1.07. The van der Waals surface area contributed by atoms with E-state index in [0.29, 0.717) is 0 Å². The van der Waals surface area contributed by atoms with Gasteiger partial charge in [-0.2, -0.15) is 0 Å². The molecule has 0 saturated heterocycles. The molecule has 0 aromatic rings. The molecule has 0 aliphatic carbocycles. The normalized spacial score (nSPS) is 9.10. The summed E-state index contributed by atoms with van der Waals surface area (Å²) in [6.45, 7) is -1.06. The molecule has 5 nitrogen and oxygen atoms in total. The molecule has 0 heterocycles. The predicted molar refractivity (Wildman–Crippen MR) is 38.8 cm³/mol. The highest BCUT2D eigenvalue weighted by Crippen LogP contribution is 1.83. The van der Waals surface area contributed by atoms with E-state index in [0.717, 1.165) is 4.90 Å². The average Bonchev–Trinajstić information content (AvgIpc) is 1.91. The van der Waals surface area contributed by atoms with Gasteiger partial charge in [-0.15, -0.1) is 0 Å². The lowest BCUT2D eigenvalue weighted by Gasteiger charge is -2.19. The number of hydrogen-bond donors (Lipinski definition) is 4. The Morgan fingerprint density at radius 2 is 1.80 bits per heavy atom. The van der Waals surface area contributed by atoms with Crippen molar-refractivity contribution >= 4 is 17.3 Å². The van der Waals surface area contributed by atoms with Crippen LogP contribution in [0.15, 0.2) is 0 Å². The molecule has 6 heteroatoms. The molecule has 0 radical (unpaired) electrons. The first-order valence-corrected chi connectivity index (χ1v) is 3.02. The molecule has 4 N–H and O–H groups in total. The molecule has 0 aromatic heterocycles. The van der Waals surface area contributed by atoms with Crippen LogP contribution in [0.5, 0.6) is 0 Å². The maximum Gasteiger partial charge on any atom is 0.174 e. The van der Waals surface area contributed by atoms with Crippen LogP contribution in [0.1, 0.15) is 0 Å². The zero-order valence-corrected chi connectivity index (χ0v) is 6.13. The molecule has 0 atom stereocenters. The molecular formula is C4H10N2O3S. The molecule has 0 aliphatic heterocycles. The van der Waals surface area contributed by atoms with Crippen molar-refractivity contribution < 1.29 is 15.3 Å². The highest BCUT2D eigenvalue weighted by molar-refractivity contribution is 7.80. The summed E-state index contributed by atoms with van der Waals surface area (Å²) in [6, 6.07) is 0. The van der Waals surface area contributed by atoms with E-state index in [1.165, 1.54) is 0 Å². The van der Waals surface area contributed by atoms with Crippen molar-refractivity contribution in [3.63, 3.8) is 0 Å². The van der Waals surface area contributed by atoms with Crippen LogP contribution in [0.4, 0.5) is 0 Å². The summed E-state index contributed by atoms with van der Waals surface area (Å²) in [5.74, 6) is 0. The van der Waals surface area contributed by atoms with Crippen molar-refractivity contribution in [2.45, 2.75) is 0 Å². The molecular weight excluding hydrogens is 156 g/mol. The minimum atomic E-state index is -0.373. The van der Waals surface area contributed by atoms with Gasteiger partial charge < -0.3 is 25.5 Å². The third kappa shape index (κ3) is 2.92. The zero-order valence-electron chi connectivity index (χ0n) is 5.32. The van der Waals surface area contributed by atoms with Crippen LogP contribution in [0.2, 0.25) is 0 Å². The van der Waals surface area contributed by atoms with E-state index in [1.807, 2.05) is 0 Å². The van der Waals surface area contributed by atoms with Gasteiger partial charge in [0.1, 0.15) is 20.2 Å². The third-order valence-electron chi connectivity index (χ3n) is 0.859. The molecule has 0 unspecified atom stereocenters. The molecule has 0 fully saturated rings. The average molecular weight is 166 g/mol. The first-order valence-electron chi connectivity index (χ1n) is 2.61. The lowest BCUT2D eigenvalue weighted by Crippen LogP contribution is -2.41. The fourth-order valence-corrected chi connectivity index (χ4v) is 0.533. The van der Waals surface area contributed by atoms with Gasteiger partial charge in [0.15, 0.2) is 5.11 Å². The summed E-state index contributed by atoms with van der Waals surface area (Å²) in [5.41, 5.74) is 0. The van der Waals surface area contributed by atoms with E-state index in [9.17, 15) is 0 Å². The lowest BCUT2D eigenvalue weighted by molar-refractivity contribution is 0.0835. The fraction of sp³-hybridized carbons (Fsp3) is 0.750. The molecule has 0 aromatic carbocycles. The van der Waals surface area contributed by atoms with E-state index in [4.69, 9.17) is 15.3 Å². The van der Waals surface area contributed by atoms with Crippen molar-refractivity contribution in [3.8, 4) is 0 Å². The quantitative estimate of drug-likeness (QED) is 0.287. The monoisotopic (exact) mass is 166 g/mol. The first kappa shape index (κ1) is 9.57. The van der Waals surface area contributed by atoms with Gasteiger partial charge in [-0.25, -0.2) is 0 Å². The summed E-state index contributed by atoms with van der Waals surface area (Å²) in [6.07, 6.45) is 0. The summed E-state index contributed by atoms with van der Waals surface area (Å²) < 4.78 is 0.